The molecule has 0 radical (unpaired) electrons. The third-order valence-electron chi connectivity index (χ3n) is 4.21. The maximum Gasteiger partial charge on any atom is 0.133 e. The molecule has 0 unspecified atom stereocenters. The lowest BCUT2D eigenvalue weighted by molar-refractivity contribution is 0.0158. The van der Waals surface area contributed by atoms with Crippen molar-refractivity contribution in [3.8, 4) is 0 Å². The third-order valence-corrected chi connectivity index (χ3v) is 4.21. The Bertz CT molecular complexity index is 443. The Morgan fingerprint density at radius 2 is 2.10 bits per heavy atom. The summed E-state index contributed by atoms with van der Waals surface area (Å²) in [6, 6.07) is 4.91. The van der Waals surface area contributed by atoms with Gasteiger partial charge < -0.3 is 20.1 Å². The molecule has 21 heavy (non-hydrogen) atoms. The number of pyridine rings is 1. The molecule has 2 heterocycles. The van der Waals surface area contributed by atoms with Crippen LogP contribution in [-0.2, 0) is 11.3 Å². The monoisotopic (exact) mass is 291 g/mol. The van der Waals surface area contributed by atoms with Crippen molar-refractivity contribution < 1.29 is 9.84 Å². The van der Waals surface area contributed by atoms with Gasteiger partial charge in [0, 0.05) is 37.4 Å². The molecule has 5 nitrogen and oxygen atoms in total. The molecule has 2 aliphatic rings. The van der Waals surface area contributed by atoms with E-state index in [2.05, 4.69) is 21.3 Å². The highest BCUT2D eigenvalue weighted by atomic mass is 16.5. The molecule has 1 aliphatic heterocycles. The minimum atomic E-state index is 0.109. The molecule has 0 aromatic carbocycles. The summed E-state index contributed by atoms with van der Waals surface area (Å²) in [5.41, 5.74) is 1.29. The van der Waals surface area contributed by atoms with Gasteiger partial charge in [-0.2, -0.15) is 0 Å². The zero-order chi connectivity index (χ0) is 14.5. The molecule has 1 saturated heterocycles. The summed E-state index contributed by atoms with van der Waals surface area (Å²) in [5.74, 6) is 1.12. The number of nitrogens with zero attached hydrogens (tertiary/aromatic N) is 2. The van der Waals surface area contributed by atoms with Gasteiger partial charge in [-0.3, -0.25) is 0 Å². The lowest BCUT2D eigenvalue weighted by Crippen LogP contribution is -2.38. The number of aromatic nitrogens is 1. The molecule has 0 bridgehead atoms. The SMILES string of the molecule is OCCOC1CCN(c2ncccc2CNC2CC2)CC1. The first-order valence-corrected chi connectivity index (χ1v) is 8.01. The number of rotatable bonds is 7. The van der Waals surface area contributed by atoms with E-state index in [0.717, 1.165) is 44.3 Å². The smallest absolute Gasteiger partial charge is 0.133 e. The summed E-state index contributed by atoms with van der Waals surface area (Å²) in [4.78, 5) is 6.96. The highest BCUT2D eigenvalue weighted by Gasteiger charge is 2.24. The summed E-state index contributed by atoms with van der Waals surface area (Å²) >= 11 is 0. The van der Waals surface area contributed by atoms with E-state index in [4.69, 9.17) is 9.84 Å². The predicted octanol–water partition coefficient (Wildman–Crippen LogP) is 1.31. The molecular formula is C16H25N3O2. The van der Waals surface area contributed by atoms with Gasteiger partial charge in [0.1, 0.15) is 5.82 Å². The lowest BCUT2D eigenvalue weighted by atomic mass is 10.1. The number of anilines is 1. The summed E-state index contributed by atoms with van der Waals surface area (Å²) in [6.45, 7) is 3.42. The second kappa shape index (κ2) is 7.20. The van der Waals surface area contributed by atoms with E-state index >= 15 is 0 Å². The summed E-state index contributed by atoms with van der Waals surface area (Å²) < 4.78 is 5.62. The van der Waals surface area contributed by atoms with Gasteiger partial charge in [0.15, 0.2) is 0 Å². The molecule has 3 rings (SSSR count). The summed E-state index contributed by atoms with van der Waals surface area (Å²) in [5, 5.41) is 12.4. The van der Waals surface area contributed by atoms with E-state index < -0.39 is 0 Å². The van der Waals surface area contributed by atoms with Crippen LogP contribution in [0.2, 0.25) is 0 Å². The molecule has 1 aromatic rings. The van der Waals surface area contributed by atoms with Crippen LogP contribution >= 0.6 is 0 Å². The van der Waals surface area contributed by atoms with E-state index in [1.807, 2.05) is 12.3 Å². The van der Waals surface area contributed by atoms with Crippen LogP contribution in [0.1, 0.15) is 31.2 Å². The fraction of sp³-hybridized carbons (Fsp3) is 0.688. The molecule has 1 aromatic heterocycles. The van der Waals surface area contributed by atoms with Crippen molar-refractivity contribution in [2.75, 3.05) is 31.2 Å². The quantitative estimate of drug-likeness (QED) is 0.793. The van der Waals surface area contributed by atoms with Gasteiger partial charge in [0.05, 0.1) is 19.3 Å². The topological polar surface area (TPSA) is 57.6 Å². The Labute approximate surface area is 126 Å². The Balaban J connectivity index is 1.56. The third kappa shape index (κ3) is 4.15. The van der Waals surface area contributed by atoms with E-state index in [-0.39, 0.29) is 12.7 Å². The molecule has 2 N–H and O–H groups in total. The van der Waals surface area contributed by atoms with Crippen molar-refractivity contribution in [3.63, 3.8) is 0 Å². The Morgan fingerprint density at radius 1 is 1.29 bits per heavy atom. The molecule has 116 valence electrons. The van der Waals surface area contributed by atoms with Crippen molar-refractivity contribution in [1.82, 2.24) is 10.3 Å². The van der Waals surface area contributed by atoms with Gasteiger partial charge in [0.25, 0.3) is 0 Å². The van der Waals surface area contributed by atoms with Crippen molar-refractivity contribution in [3.05, 3.63) is 23.9 Å². The zero-order valence-electron chi connectivity index (χ0n) is 12.5. The first kappa shape index (κ1) is 14.8. The van der Waals surface area contributed by atoms with E-state index in [1.54, 1.807) is 0 Å². The standard InChI is InChI=1S/C16H25N3O2/c20-10-11-21-15-5-8-19(9-6-15)16-13(2-1-7-17-16)12-18-14-3-4-14/h1-2,7,14-15,18,20H,3-6,8-12H2. The normalized spacial score (nSPS) is 20.0. The number of aliphatic hydroxyl groups excluding tert-OH is 1. The zero-order valence-corrected chi connectivity index (χ0v) is 12.5. The molecule has 2 fully saturated rings. The van der Waals surface area contributed by atoms with Crippen molar-refractivity contribution in [2.45, 2.75) is 44.4 Å². The Kier molecular flexibility index (Phi) is 5.06. The maximum atomic E-state index is 8.82. The van der Waals surface area contributed by atoms with Crippen LogP contribution in [-0.4, -0.2) is 48.5 Å². The molecule has 0 atom stereocenters. The number of piperidine rings is 1. The highest BCUT2D eigenvalue weighted by Crippen LogP contribution is 2.24. The number of aliphatic hydroxyl groups is 1. The highest BCUT2D eigenvalue weighted by molar-refractivity contribution is 5.47. The predicted molar refractivity (Wildman–Crippen MR) is 82.4 cm³/mol. The van der Waals surface area contributed by atoms with Crippen LogP contribution in [0.3, 0.4) is 0 Å². The molecular weight excluding hydrogens is 266 g/mol. The van der Waals surface area contributed by atoms with Gasteiger partial charge in [0.2, 0.25) is 0 Å². The van der Waals surface area contributed by atoms with Crippen molar-refractivity contribution in [2.24, 2.45) is 0 Å². The minimum Gasteiger partial charge on any atom is -0.394 e. The second-order valence-corrected chi connectivity index (χ2v) is 5.92. The summed E-state index contributed by atoms with van der Waals surface area (Å²) in [7, 11) is 0. The van der Waals surface area contributed by atoms with Crippen LogP contribution in [0.25, 0.3) is 0 Å². The fourth-order valence-corrected chi connectivity index (χ4v) is 2.85. The Morgan fingerprint density at radius 3 is 2.81 bits per heavy atom. The van der Waals surface area contributed by atoms with Crippen LogP contribution in [0, 0.1) is 0 Å². The molecule has 1 saturated carbocycles. The average molecular weight is 291 g/mol. The van der Waals surface area contributed by atoms with Gasteiger partial charge in [-0.15, -0.1) is 0 Å². The number of hydrogen-bond donors (Lipinski definition) is 2. The first-order chi connectivity index (χ1) is 10.4. The molecule has 5 heteroatoms. The lowest BCUT2D eigenvalue weighted by Gasteiger charge is -2.33. The van der Waals surface area contributed by atoms with E-state index in [9.17, 15) is 0 Å². The average Bonchev–Trinajstić information content (AvgIpc) is 3.36. The number of ether oxygens (including phenoxy) is 1. The second-order valence-electron chi connectivity index (χ2n) is 5.92. The number of nitrogens with one attached hydrogen (secondary N) is 1. The molecule has 0 amide bonds. The first-order valence-electron chi connectivity index (χ1n) is 8.01. The van der Waals surface area contributed by atoms with Crippen molar-refractivity contribution >= 4 is 5.82 Å². The minimum absolute atomic E-state index is 0.109. The fourth-order valence-electron chi connectivity index (χ4n) is 2.85. The molecule has 1 aliphatic carbocycles. The van der Waals surface area contributed by atoms with Crippen LogP contribution in [0.15, 0.2) is 18.3 Å². The van der Waals surface area contributed by atoms with Crippen LogP contribution in [0.4, 0.5) is 5.82 Å². The van der Waals surface area contributed by atoms with Crippen molar-refractivity contribution in [1.29, 1.82) is 0 Å². The van der Waals surface area contributed by atoms with Crippen LogP contribution in [0.5, 0.6) is 0 Å². The van der Waals surface area contributed by atoms with Gasteiger partial charge in [-0.05, 0) is 31.7 Å². The largest absolute Gasteiger partial charge is 0.394 e. The van der Waals surface area contributed by atoms with Gasteiger partial charge in [-0.25, -0.2) is 4.98 Å². The molecule has 0 spiro atoms. The van der Waals surface area contributed by atoms with E-state index in [1.165, 1.54) is 18.4 Å². The Hall–Kier alpha value is -1.17. The number of hydrogen-bond acceptors (Lipinski definition) is 5. The van der Waals surface area contributed by atoms with Crippen LogP contribution < -0.4 is 10.2 Å². The van der Waals surface area contributed by atoms with Gasteiger partial charge >= 0.3 is 0 Å². The maximum absolute atomic E-state index is 8.82. The van der Waals surface area contributed by atoms with Gasteiger partial charge in [-0.1, -0.05) is 6.07 Å². The summed E-state index contributed by atoms with van der Waals surface area (Å²) in [6.07, 6.45) is 6.79. The van der Waals surface area contributed by atoms with E-state index in [0.29, 0.717) is 6.61 Å².